The Labute approximate surface area is 177 Å². The van der Waals surface area contributed by atoms with Crippen LogP contribution < -0.4 is 5.32 Å². The van der Waals surface area contributed by atoms with Crippen LogP contribution in [0.5, 0.6) is 0 Å². The van der Waals surface area contributed by atoms with Crippen molar-refractivity contribution in [3.63, 3.8) is 0 Å². The van der Waals surface area contributed by atoms with Crippen LogP contribution in [0.15, 0.2) is 30.3 Å². The zero-order chi connectivity index (χ0) is 22.4. The number of hydrogen-bond donors (Lipinski definition) is 1. The first-order valence-corrected chi connectivity index (χ1v) is 9.73. The summed E-state index contributed by atoms with van der Waals surface area (Å²) in [6.07, 6.45) is 2.72. The fourth-order valence-corrected chi connectivity index (χ4v) is 3.71. The number of anilines is 1. The predicted octanol–water partition coefficient (Wildman–Crippen LogP) is 3.50. The smallest absolute Gasteiger partial charge is 0.341 e. The Morgan fingerprint density at radius 1 is 1.23 bits per heavy atom. The lowest BCUT2D eigenvalue weighted by molar-refractivity contribution is -0.384. The topological polar surface area (TPSA) is 119 Å². The summed E-state index contributed by atoms with van der Waals surface area (Å²) in [6.45, 7) is 3.44. The number of esters is 1. The molecule has 0 aliphatic heterocycles. The molecule has 0 unspecified atom stereocenters. The Morgan fingerprint density at radius 2 is 1.87 bits per heavy atom. The van der Waals surface area contributed by atoms with E-state index in [0.29, 0.717) is 16.0 Å². The zero-order valence-electron chi connectivity index (χ0n) is 16.9. The molecule has 1 N–H and O–H groups in total. The van der Waals surface area contributed by atoms with E-state index in [-0.39, 0.29) is 28.8 Å². The third-order valence-electron chi connectivity index (χ3n) is 3.99. The van der Waals surface area contributed by atoms with Gasteiger partial charge >= 0.3 is 5.97 Å². The van der Waals surface area contributed by atoms with E-state index in [9.17, 15) is 24.5 Å². The molecule has 158 valence electrons. The van der Waals surface area contributed by atoms with Gasteiger partial charge < -0.3 is 15.0 Å². The van der Waals surface area contributed by atoms with Crippen LogP contribution in [0.3, 0.4) is 0 Å². The quantitative estimate of drug-likeness (QED) is 0.310. The van der Waals surface area contributed by atoms with Gasteiger partial charge in [-0.2, -0.15) is 0 Å². The summed E-state index contributed by atoms with van der Waals surface area (Å²) in [5.74, 6) is -1.44. The van der Waals surface area contributed by atoms with E-state index >= 15 is 0 Å². The van der Waals surface area contributed by atoms with Crippen molar-refractivity contribution in [3.8, 4) is 0 Å². The van der Waals surface area contributed by atoms with Crippen molar-refractivity contribution in [1.29, 1.82) is 0 Å². The van der Waals surface area contributed by atoms with Crippen molar-refractivity contribution in [2.24, 2.45) is 0 Å². The van der Waals surface area contributed by atoms with E-state index in [1.807, 2.05) is 0 Å². The van der Waals surface area contributed by atoms with Crippen molar-refractivity contribution < 1.29 is 24.0 Å². The minimum absolute atomic E-state index is 0.0529. The first-order chi connectivity index (χ1) is 14.1. The highest BCUT2D eigenvalue weighted by molar-refractivity contribution is 7.18. The summed E-state index contributed by atoms with van der Waals surface area (Å²) in [5, 5.41) is 13.5. The molecule has 1 aromatic heterocycles. The van der Waals surface area contributed by atoms with Crippen LogP contribution in [0.1, 0.15) is 38.1 Å². The monoisotopic (exact) mass is 431 g/mol. The number of carbonyl (C=O) groups excluding carboxylic acids is 3. The second kappa shape index (κ2) is 9.79. The molecule has 0 aliphatic rings. The normalized spacial score (nSPS) is 10.7. The Hall–Kier alpha value is -3.53. The minimum Gasteiger partial charge on any atom is -0.462 e. The lowest BCUT2D eigenvalue weighted by Crippen LogP contribution is -2.21. The fraction of sp³-hybridized carbons (Fsp3) is 0.250. The van der Waals surface area contributed by atoms with Gasteiger partial charge in [0.25, 0.3) is 11.6 Å². The summed E-state index contributed by atoms with van der Waals surface area (Å²) >= 11 is 0.999. The molecular weight excluding hydrogens is 410 g/mol. The van der Waals surface area contributed by atoms with E-state index in [4.69, 9.17) is 4.74 Å². The van der Waals surface area contributed by atoms with Gasteiger partial charge in [-0.05, 0) is 43.2 Å². The number of non-ortho nitro benzene ring substituents is 1. The van der Waals surface area contributed by atoms with Gasteiger partial charge in [-0.15, -0.1) is 11.3 Å². The van der Waals surface area contributed by atoms with Gasteiger partial charge in [0.05, 0.1) is 22.0 Å². The van der Waals surface area contributed by atoms with E-state index in [2.05, 4.69) is 5.32 Å². The molecule has 0 saturated carbocycles. The molecule has 0 fully saturated rings. The van der Waals surface area contributed by atoms with Crippen LogP contribution in [0.4, 0.5) is 10.7 Å². The lowest BCUT2D eigenvalue weighted by atomic mass is 10.1. The van der Waals surface area contributed by atoms with E-state index in [1.54, 1.807) is 27.9 Å². The maximum atomic E-state index is 12.4. The molecule has 9 nitrogen and oxygen atoms in total. The number of benzene rings is 1. The summed E-state index contributed by atoms with van der Waals surface area (Å²) in [6, 6.07) is 5.68. The van der Waals surface area contributed by atoms with Gasteiger partial charge in [0.1, 0.15) is 5.00 Å². The SMILES string of the molecule is CCOC(=O)c1c(NC(=O)/C=C/c2ccc([N+](=O)[O-])cc2)sc(C(=O)N(C)C)c1C. The average molecular weight is 431 g/mol. The van der Waals surface area contributed by atoms with Gasteiger partial charge in [-0.1, -0.05) is 0 Å². The van der Waals surface area contributed by atoms with Crippen LogP contribution in [-0.4, -0.2) is 48.3 Å². The number of nitrogens with one attached hydrogen (secondary N) is 1. The number of nitro benzene ring substituents is 1. The molecule has 0 radical (unpaired) electrons. The summed E-state index contributed by atoms with van der Waals surface area (Å²) in [7, 11) is 3.19. The zero-order valence-corrected chi connectivity index (χ0v) is 17.7. The Bertz CT molecular complexity index is 1010. The third-order valence-corrected chi connectivity index (χ3v) is 5.19. The lowest BCUT2D eigenvalue weighted by Gasteiger charge is -2.09. The molecule has 2 amide bonds. The maximum Gasteiger partial charge on any atom is 0.341 e. The summed E-state index contributed by atoms with van der Waals surface area (Å²) < 4.78 is 5.06. The van der Waals surface area contributed by atoms with Crippen molar-refractivity contribution in [2.45, 2.75) is 13.8 Å². The molecular formula is C20H21N3O6S. The molecule has 0 saturated heterocycles. The van der Waals surface area contributed by atoms with Crippen LogP contribution >= 0.6 is 11.3 Å². The van der Waals surface area contributed by atoms with Crippen molar-refractivity contribution in [2.75, 3.05) is 26.0 Å². The van der Waals surface area contributed by atoms with Crippen LogP contribution in [-0.2, 0) is 9.53 Å². The van der Waals surface area contributed by atoms with E-state index in [1.165, 1.54) is 41.3 Å². The highest BCUT2D eigenvalue weighted by Crippen LogP contribution is 2.34. The van der Waals surface area contributed by atoms with E-state index < -0.39 is 16.8 Å². The minimum atomic E-state index is -0.626. The number of carbonyl (C=O) groups is 3. The van der Waals surface area contributed by atoms with Crippen LogP contribution in [0, 0.1) is 17.0 Å². The molecule has 0 spiro atoms. The molecule has 1 heterocycles. The van der Waals surface area contributed by atoms with Gasteiger partial charge in [-0.25, -0.2) is 4.79 Å². The van der Waals surface area contributed by atoms with Crippen molar-refractivity contribution in [3.05, 3.63) is 62.0 Å². The number of thiophene rings is 1. The van der Waals surface area contributed by atoms with Crippen LogP contribution in [0.2, 0.25) is 0 Å². The molecule has 0 aliphatic carbocycles. The summed E-state index contributed by atoms with van der Waals surface area (Å²) in [5.41, 5.74) is 1.12. The second-order valence-corrected chi connectivity index (χ2v) is 7.37. The predicted molar refractivity (Wildman–Crippen MR) is 114 cm³/mol. The maximum absolute atomic E-state index is 12.4. The number of nitrogens with zero attached hydrogens (tertiary/aromatic N) is 2. The van der Waals surface area contributed by atoms with Crippen LogP contribution in [0.25, 0.3) is 6.08 Å². The van der Waals surface area contributed by atoms with Crippen molar-refractivity contribution in [1.82, 2.24) is 4.90 Å². The second-order valence-electron chi connectivity index (χ2n) is 6.35. The molecule has 30 heavy (non-hydrogen) atoms. The highest BCUT2D eigenvalue weighted by atomic mass is 32.1. The number of nitro groups is 1. The fourth-order valence-electron chi connectivity index (χ4n) is 2.49. The third kappa shape index (κ3) is 5.29. The Morgan fingerprint density at radius 3 is 2.40 bits per heavy atom. The average Bonchev–Trinajstić information content (AvgIpc) is 3.01. The van der Waals surface area contributed by atoms with Gasteiger partial charge in [0, 0.05) is 32.3 Å². The number of hydrogen-bond acceptors (Lipinski definition) is 7. The first-order valence-electron chi connectivity index (χ1n) is 8.91. The molecule has 0 bridgehead atoms. The summed E-state index contributed by atoms with van der Waals surface area (Å²) in [4.78, 5) is 49.0. The molecule has 0 atom stereocenters. The molecule has 10 heteroatoms. The Kier molecular flexibility index (Phi) is 7.43. The van der Waals surface area contributed by atoms with Gasteiger partial charge in [0.2, 0.25) is 5.91 Å². The standard InChI is InChI=1S/C20H21N3O6S/c1-5-29-20(26)16-12(2)17(19(25)22(3)4)30-18(16)21-15(24)11-8-13-6-9-14(10-7-13)23(27)28/h6-11H,5H2,1-4H3,(H,21,24)/b11-8+. The number of rotatable bonds is 7. The molecule has 1 aromatic carbocycles. The Balaban J connectivity index is 2.27. The molecule has 2 aromatic rings. The van der Waals surface area contributed by atoms with Crippen molar-refractivity contribution >= 4 is 45.9 Å². The molecule has 2 rings (SSSR count). The van der Waals surface area contributed by atoms with Gasteiger partial charge in [-0.3, -0.25) is 19.7 Å². The number of ether oxygens (including phenoxy) is 1. The van der Waals surface area contributed by atoms with Gasteiger partial charge in [0.15, 0.2) is 0 Å². The highest BCUT2D eigenvalue weighted by Gasteiger charge is 2.27. The number of amides is 2. The first kappa shape index (κ1) is 22.8. The van der Waals surface area contributed by atoms with E-state index in [0.717, 1.165) is 11.3 Å². The largest absolute Gasteiger partial charge is 0.462 e.